The molecule has 24 heavy (non-hydrogen) atoms. The number of nitrogens with zero attached hydrogens (tertiary/aromatic N) is 2. The number of benzene rings is 1. The number of carbonyl (C=O) groups excluding carboxylic acids is 2. The maximum atomic E-state index is 12.8. The van der Waals surface area contributed by atoms with Crippen LogP contribution in [-0.2, 0) is 16.0 Å². The van der Waals surface area contributed by atoms with E-state index in [4.69, 9.17) is 0 Å². The first-order valence-electron chi connectivity index (χ1n) is 8.79. The minimum atomic E-state index is -0.370. The lowest BCUT2D eigenvalue weighted by molar-refractivity contribution is -0.137. The Hall–Kier alpha value is -2.10. The van der Waals surface area contributed by atoms with E-state index in [1.165, 1.54) is 5.56 Å². The van der Waals surface area contributed by atoms with Gasteiger partial charge in [-0.3, -0.25) is 9.59 Å². The van der Waals surface area contributed by atoms with Crippen molar-refractivity contribution in [2.75, 3.05) is 26.2 Å². The first-order chi connectivity index (χ1) is 11.6. The van der Waals surface area contributed by atoms with E-state index in [-0.39, 0.29) is 23.1 Å². The molecule has 1 aromatic rings. The molecule has 0 aliphatic carbocycles. The minimum absolute atomic E-state index is 0.164. The van der Waals surface area contributed by atoms with E-state index in [1.54, 1.807) is 6.08 Å². The van der Waals surface area contributed by atoms with E-state index in [0.29, 0.717) is 26.1 Å². The largest absolute Gasteiger partial charge is 0.341 e. The normalized spacial score (nSPS) is 26.4. The van der Waals surface area contributed by atoms with Crippen LogP contribution in [0.25, 0.3) is 0 Å². The van der Waals surface area contributed by atoms with Gasteiger partial charge in [0.05, 0.1) is 5.41 Å². The zero-order valence-corrected chi connectivity index (χ0v) is 14.4. The average molecular weight is 326 g/mol. The molecule has 2 aliphatic heterocycles. The van der Waals surface area contributed by atoms with E-state index >= 15 is 0 Å². The van der Waals surface area contributed by atoms with Crippen LogP contribution in [-0.4, -0.2) is 47.8 Å². The summed E-state index contributed by atoms with van der Waals surface area (Å²) in [5.74, 6) is 0.589. The summed E-state index contributed by atoms with van der Waals surface area (Å²) in [6, 6.07) is 10.1. The van der Waals surface area contributed by atoms with Gasteiger partial charge < -0.3 is 9.80 Å². The van der Waals surface area contributed by atoms with Gasteiger partial charge in [0.1, 0.15) is 0 Å². The predicted molar refractivity (Wildman–Crippen MR) is 94.3 cm³/mol. The van der Waals surface area contributed by atoms with Crippen molar-refractivity contribution >= 4 is 11.8 Å². The summed E-state index contributed by atoms with van der Waals surface area (Å²) in [5.41, 5.74) is 0.813. The van der Waals surface area contributed by atoms with Crippen LogP contribution in [0.2, 0.25) is 0 Å². The molecular weight excluding hydrogens is 300 g/mol. The second-order valence-corrected chi connectivity index (χ2v) is 7.11. The Labute approximate surface area is 144 Å². The standard InChI is InChI=1S/C20H26N2O2/c1-3-12-21-13-11-20(19(21)24)15-22(14-16(20)2)18(23)10-9-17-7-5-4-6-8-17/h3-8,16H,1,9-15H2,2H3/t16-,20-/m1/s1. The molecule has 0 saturated carbocycles. The molecule has 0 bridgehead atoms. The Morgan fingerprint density at radius 2 is 2.12 bits per heavy atom. The van der Waals surface area contributed by atoms with Gasteiger partial charge in [-0.2, -0.15) is 0 Å². The van der Waals surface area contributed by atoms with E-state index < -0.39 is 0 Å². The molecule has 4 nitrogen and oxygen atoms in total. The van der Waals surface area contributed by atoms with E-state index in [2.05, 4.69) is 25.6 Å². The van der Waals surface area contributed by atoms with Gasteiger partial charge in [-0.05, 0) is 24.3 Å². The Bertz CT molecular complexity index is 628. The van der Waals surface area contributed by atoms with Crippen molar-refractivity contribution in [2.24, 2.45) is 11.3 Å². The van der Waals surface area contributed by atoms with Crippen LogP contribution in [0.5, 0.6) is 0 Å². The number of amides is 2. The molecule has 2 saturated heterocycles. The fraction of sp³-hybridized carbons (Fsp3) is 0.500. The molecule has 2 amide bonds. The molecular formula is C20H26N2O2. The molecule has 4 heteroatoms. The summed E-state index contributed by atoms with van der Waals surface area (Å²) in [4.78, 5) is 29.2. The fourth-order valence-electron chi connectivity index (χ4n) is 4.10. The molecule has 128 valence electrons. The molecule has 0 aromatic heterocycles. The third-order valence-corrected chi connectivity index (χ3v) is 5.62. The number of rotatable bonds is 5. The minimum Gasteiger partial charge on any atom is -0.341 e. The Morgan fingerprint density at radius 3 is 2.83 bits per heavy atom. The third kappa shape index (κ3) is 2.97. The summed E-state index contributed by atoms with van der Waals surface area (Å²) >= 11 is 0. The van der Waals surface area contributed by atoms with Gasteiger partial charge in [-0.25, -0.2) is 0 Å². The summed E-state index contributed by atoms with van der Waals surface area (Å²) in [6.45, 7) is 8.50. The Morgan fingerprint density at radius 1 is 1.38 bits per heavy atom. The van der Waals surface area contributed by atoms with Gasteiger partial charge in [0.15, 0.2) is 0 Å². The van der Waals surface area contributed by atoms with Crippen LogP contribution in [0, 0.1) is 11.3 Å². The monoisotopic (exact) mass is 326 g/mol. The van der Waals surface area contributed by atoms with E-state index in [9.17, 15) is 9.59 Å². The molecule has 0 radical (unpaired) electrons. The lowest BCUT2D eigenvalue weighted by Crippen LogP contribution is -2.40. The van der Waals surface area contributed by atoms with Crippen LogP contribution in [0.15, 0.2) is 43.0 Å². The predicted octanol–water partition coefficient (Wildman–Crippen LogP) is 2.50. The highest BCUT2D eigenvalue weighted by Crippen LogP contribution is 2.44. The SMILES string of the molecule is C=CCN1CC[C@]2(CN(C(=O)CCc3ccccc3)C[C@H]2C)C1=O. The summed E-state index contributed by atoms with van der Waals surface area (Å²) in [7, 11) is 0. The number of carbonyl (C=O) groups is 2. The van der Waals surface area contributed by atoms with E-state index in [0.717, 1.165) is 19.4 Å². The van der Waals surface area contributed by atoms with Crippen molar-refractivity contribution in [1.29, 1.82) is 0 Å². The molecule has 1 spiro atoms. The highest BCUT2D eigenvalue weighted by atomic mass is 16.2. The van der Waals surface area contributed by atoms with Crippen LogP contribution in [0.3, 0.4) is 0 Å². The van der Waals surface area contributed by atoms with Gasteiger partial charge in [0.25, 0.3) is 0 Å². The molecule has 0 N–H and O–H groups in total. The molecule has 2 atom stereocenters. The van der Waals surface area contributed by atoms with Crippen molar-refractivity contribution in [3.05, 3.63) is 48.6 Å². The summed E-state index contributed by atoms with van der Waals surface area (Å²) in [5, 5.41) is 0. The smallest absolute Gasteiger partial charge is 0.231 e. The molecule has 0 unspecified atom stereocenters. The maximum absolute atomic E-state index is 12.8. The molecule has 1 aromatic carbocycles. The van der Waals surface area contributed by atoms with Gasteiger partial charge in [0, 0.05) is 32.6 Å². The van der Waals surface area contributed by atoms with Gasteiger partial charge >= 0.3 is 0 Å². The lowest BCUT2D eigenvalue weighted by Gasteiger charge is -2.26. The van der Waals surface area contributed by atoms with E-state index in [1.807, 2.05) is 28.0 Å². The van der Waals surface area contributed by atoms with Gasteiger partial charge in [-0.15, -0.1) is 6.58 Å². The van der Waals surface area contributed by atoms with Crippen molar-refractivity contribution in [2.45, 2.75) is 26.2 Å². The van der Waals surface area contributed by atoms with Gasteiger partial charge in [-0.1, -0.05) is 43.3 Å². The number of likely N-dealkylation sites (tertiary alicyclic amines) is 2. The third-order valence-electron chi connectivity index (χ3n) is 5.62. The fourth-order valence-corrected chi connectivity index (χ4v) is 4.10. The van der Waals surface area contributed by atoms with Crippen molar-refractivity contribution < 1.29 is 9.59 Å². The van der Waals surface area contributed by atoms with Crippen LogP contribution in [0.4, 0.5) is 0 Å². The molecule has 3 rings (SSSR count). The average Bonchev–Trinajstić information content (AvgIpc) is 3.10. The molecule has 2 heterocycles. The maximum Gasteiger partial charge on any atom is 0.231 e. The van der Waals surface area contributed by atoms with Crippen LogP contribution >= 0.6 is 0 Å². The topological polar surface area (TPSA) is 40.6 Å². The summed E-state index contributed by atoms with van der Waals surface area (Å²) < 4.78 is 0. The number of hydrogen-bond acceptors (Lipinski definition) is 2. The van der Waals surface area contributed by atoms with Crippen molar-refractivity contribution in [3.63, 3.8) is 0 Å². The molecule has 2 fully saturated rings. The number of aryl methyl sites for hydroxylation is 1. The first kappa shape index (κ1) is 16.7. The highest BCUT2D eigenvalue weighted by Gasteiger charge is 2.55. The Balaban J connectivity index is 1.62. The Kier molecular flexibility index (Phi) is 4.74. The summed E-state index contributed by atoms with van der Waals surface area (Å²) in [6.07, 6.45) is 3.90. The quantitative estimate of drug-likeness (QED) is 0.780. The van der Waals surface area contributed by atoms with Crippen LogP contribution in [0.1, 0.15) is 25.3 Å². The second-order valence-electron chi connectivity index (χ2n) is 7.11. The first-order valence-corrected chi connectivity index (χ1v) is 8.79. The van der Waals surface area contributed by atoms with Crippen molar-refractivity contribution in [3.8, 4) is 0 Å². The lowest BCUT2D eigenvalue weighted by atomic mass is 9.78. The van der Waals surface area contributed by atoms with Crippen molar-refractivity contribution in [1.82, 2.24) is 9.80 Å². The number of hydrogen-bond donors (Lipinski definition) is 0. The second kappa shape index (κ2) is 6.80. The van der Waals surface area contributed by atoms with Crippen LogP contribution < -0.4 is 0 Å². The zero-order valence-electron chi connectivity index (χ0n) is 14.4. The molecule has 2 aliphatic rings. The van der Waals surface area contributed by atoms with Gasteiger partial charge in [0.2, 0.25) is 11.8 Å². The zero-order chi connectivity index (χ0) is 17.2. The highest BCUT2D eigenvalue weighted by molar-refractivity contribution is 5.87.